The number of rotatable bonds is 9. The molecule has 0 bridgehead atoms. The van der Waals surface area contributed by atoms with Gasteiger partial charge in [-0.15, -0.1) is 24.0 Å². The lowest BCUT2D eigenvalue weighted by molar-refractivity contribution is -0.144. The van der Waals surface area contributed by atoms with Crippen LogP contribution in [0.25, 0.3) is 0 Å². The van der Waals surface area contributed by atoms with Gasteiger partial charge < -0.3 is 4.74 Å². The van der Waals surface area contributed by atoms with E-state index in [1.165, 1.54) is 5.56 Å². The summed E-state index contributed by atoms with van der Waals surface area (Å²) in [7, 11) is 0. The summed E-state index contributed by atoms with van der Waals surface area (Å²) in [6.45, 7) is 4.98. The lowest BCUT2D eigenvalue weighted by Gasteiger charge is -2.26. The van der Waals surface area contributed by atoms with Gasteiger partial charge in [-0.3, -0.25) is 9.69 Å². The van der Waals surface area contributed by atoms with Gasteiger partial charge in [0.15, 0.2) is 0 Å². The highest BCUT2D eigenvalue weighted by Gasteiger charge is 2.45. The van der Waals surface area contributed by atoms with Crippen LogP contribution in [-0.2, 0) is 16.1 Å². The first-order valence-corrected chi connectivity index (χ1v) is 8.19. The van der Waals surface area contributed by atoms with Crippen LogP contribution in [0.1, 0.15) is 31.7 Å². The van der Waals surface area contributed by atoms with Crippen molar-refractivity contribution < 1.29 is 9.53 Å². The molecule has 1 aliphatic carbocycles. The van der Waals surface area contributed by atoms with Crippen molar-refractivity contribution in [3.05, 3.63) is 35.9 Å². The van der Waals surface area contributed by atoms with E-state index in [9.17, 15) is 4.79 Å². The van der Waals surface area contributed by atoms with Gasteiger partial charge in [0, 0.05) is 25.5 Å². The van der Waals surface area contributed by atoms with Crippen LogP contribution in [0, 0.1) is 5.41 Å². The molecule has 0 saturated heterocycles. The van der Waals surface area contributed by atoms with E-state index in [1.807, 2.05) is 13.0 Å². The molecule has 1 saturated carbocycles. The van der Waals surface area contributed by atoms with Crippen LogP contribution in [-0.4, -0.2) is 36.4 Å². The first-order valence-electron chi connectivity index (χ1n) is 7.65. The van der Waals surface area contributed by atoms with Crippen molar-refractivity contribution in [1.29, 1.82) is 0 Å². The number of benzene rings is 1. The predicted molar refractivity (Wildman–Crippen MR) is 92.6 cm³/mol. The number of halogens is 2. The van der Waals surface area contributed by atoms with Crippen molar-refractivity contribution >= 4 is 30.0 Å². The van der Waals surface area contributed by atoms with Gasteiger partial charge in [-0.05, 0) is 30.7 Å². The zero-order valence-electron chi connectivity index (χ0n) is 13.1. The molecule has 0 atom stereocenters. The molecule has 1 aromatic rings. The number of ether oxygens (including phenoxy) is 1. The van der Waals surface area contributed by atoms with Crippen molar-refractivity contribution in [1.82, 2.24) is 4.90 Å². The fourth-order valence-corrected chi connectivity index (χ4v) is 2.97. The number of carbonyl (C=O) groups is 1. The number of hydrogen-bond acceptors (Lipinski definition) is 3. The number of esters is 1. The van der Waals surface area contributed by atoms with Crippen molar-refractivity contribution in [3.8, 4) is 0 Å². The molecule has 0 spiro atoms. The molecular weight excluding hydrogens is 321 g/mol. The molecule has 22 heavy (non-hydrogen) atoms. The molecule has 0 unspecified atom stereocenters. The Morgan fingerprint density at radius 1 is 1.32 bits per heavy atom. The van der Waals surface area contributed by atoms with Gasteiger partial charge in [0.1, 0.15) is 0 Å². The largest absolute Gasteiger partial charge is 0.466 e. The van der Waals surface area contributed by atoms with E-state index in [1.54, 1.807) is 0 Å². The third-order valence-corrected chi connectivity index (χ3v) is 4.16. The van der Waals surface area contributed by atoms with Gasteiger partial charge in [-0.1, -0.05) is 30.3 Å². The maximum Gasteiger partial charge on any atom is 0.306 e. The summed E-state index contributed by atoms with van der Waals surface area (Å²) in [5.74, 6) is 0.544. The predicted octanol–water partition coefficient (Wildman–Crippen LogP) is 3.88. The van der Waals surface area contributed by atoms with Gasteiger partial charge >= 0.3 is 5.97 Å². The summed E-state index contributed by atoms with van der Waals surface area (Å²) >= 11 is 5.93. The summed E-state index contributed by atoms with van der Waals surface area (Å²) in [6, 6.07) is 10.4. The van der Waals surface area contributed by atoms with E-state index in [0.717, 1.165) is 32.5 Å². The molecule has 0 radical (unpaired) electrons. The Balaban J connectivity index is 0.00000242. The molecule has 1 fully saturated rings. The second-order valence-electron chi connectivity index (χ2n) is 5.87. The molecule has 5 heteroatoms. The van der Waals surface area contributed by atoms with E-state index in [4.69, 9.17) is 16.3 Å². The van der Waals surface area contributed by atoms with Gasteiger partial charge in [0.05, 0.1) is 13.0 Å². The quantitative estimate of drug-likeness (QED) is 0.502. The number of hydrogen-bond donors (Lipinski definition) is 0. The van der Waals surface area contributed by atoms with Crippen LogP contribution in [0.5, 0.6) is 0 Å². The van der Waals surface area contributed by atoms with Crippen LogP contribution in [0.15, 0.2) is 30.3 Å². The topological polar surface area (TPSA) is 29.5 Å². The molecular formula is C17H25Cl2NO2. The summed E-state index contributed by atoms with van der Waals surface area (Å²) in [5.41, 5.74) is 1.40. The SMILES string of the molecule is CCOC(=O)CC1(CN(CCCl)Cc2ccccc2)CC1.Cl. The Morgan fingerprint density at radius 3 is 2.55 bits per heavy atom. The zero-order chi connectivity index (χ0) is 15.1. The molecule has 2 rings (SSSR count). The van der Waals surface area contributed by atoms with Crippen molar-refractivity contribution in [2.75, 3.05) is 25.6 Å². The molecule has 0 heterocycles. The molecule has 0 aliphatic heterocycles. The highest BCUT2D eigenvalue weighted by atomic mass is 35.5. The smallest absolute Gasteiger partial charge is 0.306 e. The molecule has 124 valence electrons. The maximum absolute atomic E-state index is 11.7. The van der Waals surface area contributed by atoms with E-state index in [2.05, 4.69) is 29.2 Å². The Kier molecular flexibility index (Phi) is 8.23. The maximum atomic E-state index is 11.7. The van der Waals surface area contributed by atoms with Crippen LogP contribution in [0.4, 0.5) is 0 Å². The number of alkyl halides is 1. The summed E-state index contributed by atoms with van der Waals surface area (Å²) in [6.07, 6.45) is 2.76. The molecule has 0 N–H and O–H groups in total. The Labute approximate surface area is 144 Å². The highest BCUT2D eigenvalue weighted by molar-refractivity contribution is 6.18. The van der Waals surface area contributed by atoms with E-state index >= 15 is 0 Å². The van der Waals surface area contributed by atoms with Gasteiger partial charge in [-0.2, -0.15) is 0 Å². The molecule has 0 aromatic heterocycles. The second-order valence-corrected chi connectivity index (χ2v) is 6.24. The minimum Gasteiger partial charge on any atom is -0.466 e. The first kappa shape index (κ1) is 19.3. The number of nitrogens with zero attached hydrogens (tertiary/aromatic N) is 1. The van der Waals surface area contributed by atoms with E-state index < -0.39 is 0 Å². The average Bonchev–Trinajstić information content (AvgIpc) is 3.19. The van der Waals surface area contributed by atoms with E-state index in [0.29, 0.717) is 18.9 Å². The minimum atomic E-state index is -0.0689. The lowest BCUT2D eigenvalue weighted by atomic mass is 10.0. The highest BCUT2D eigenvalue weighted by Crippen LogP contribution is 2.49. The Bertz CT molecular complexity index is 449. The molecule has 1 aliphatic rings. The van der Waals surface area contributed by atoms with Crippen LogP contribution in [0.3, 0.4) is 0 Å². The summed E-state index contributed by atoms with van der Waals surface area (Å²) < 4.78 is 5.09. The second kappa shape index (κ2) is 9.39. The zero-order valence-corrected chi connectivity index (χ0v) is 14.7. The Hall–Kier alpha value is -0.770. The normalized spacial score (nSPS) is 15.2. The van der Waals surface area contributed by atoms with Gasteiger partial charge in [0.25, 0.3) is 0 Å². The van der Waals surface area contributed by atoms with Crippen LogP contribution >= 0.6 is 24.0 Å². The molecule has 3 nitrogen and oxygen atoms in total. The summed E-state index contributed by atoms with van der Waals surface area (Å²) in [5, 5.41) is 0. The summed E-state index contributed by atoms with van der Waals surface area (Å²) in [4.78, 5) is 14.1. The number of carbonyl (C=O) groups excluding carboxylic acids is 1. The third-order valence-electron chi connectivity index (χ3n) is 3.99. The van der Waals surface area contributed by atoms with Crippen molar-refractivity contribution in [2.45, 2.75) is 32.7 Å². The van der Waals surface area contributed by atoms with Crippen molar-refractivity contribution in [3.63, 3.8) is 0 Å². The van der Waals surface area contributed by atoms with Gasteiger partial charge in [0.2, 0.25) is 0 Å². The molecule has 0 amide bonds. The van der Waals surface area contributed by atoms with Gasteiger partial charge in [-0.25, -0.2) is 0 Å². The first-order chi connectivity index (χ1) is 10.2. The fraction of sp³-hybridized carbons (Fsp3) is 0.588. The standard InChI is InChI=1S/C17H24ClNO2.ClH/c1-2-21-16(20)12-17(8-9-17)14-19(11-10-18)13-15-6-4-3-5-7-15;/h3-7H,2,8-14H2,1H3;1H. The van der Waals surface area contributed by atoms with Crippen molar-refractivity contribution in [2.24, 2.45) is 5.41 Å². The monoisotopic (exact) mass is 345 g/mol. The van der Waals surface area contributed by atoms with Crippen LogP contribution < -0.4 is 0 Å². The lowest BCUT2D eigenvalue weighted by Crippen LogP contribution is -2.33. The van der Waals surface area contributed by atoms with E-state index in [-0.39, 0.29) is 23.8 Å². The fourth-order valence-electron chi connectivity index (χ4n) is 2.74. The third kappa shape index (κ3) is 6.15. The minimum absolute atomic E-state index is 0. The Morgan fingerprint density at radius 2 is 2.00 bits per heavy atom. The average molecular weight is 346 g/mol. The molecule has 1 aromatic carbocycles. The van der Waals surface area contributed by atoms with Crippen LogP contribution in [0.2, 0.25) is 0 Å².